The molecule has 1 aromatic carbocycles. The van der Waals surface area contributed by atoms with E-state index in [1.807, 2.05) is 0 Å². The Morgan fingerprint density at radius 2 is 1.97 bits per heavy atom. The van der Waals surface area contributed by atoms with Gasteiger partial charge in [-0.05, 0) is 24.1 Å². The fourth-order valence-corrected chi connectivity index (χ4v) is 3.51. The highest BCUT2D eigenvalue weighted by Gasteiger charge is 2.31. The Kier molecular flexibility index (Phi) is 6.51. The molecule has 0 radical (unpaired) electrons. The van der Waals surface area contributed by atoms with Crippen molar-refractivity contribution in [3.05, 3.63) is 57.5 Å². The van der Waals surface area contributed by atoms with Crippen LogP contribution in [0.15, 0.2) is 29.1 Å². The van der Waals surface area contributed by atoms with Gasteiger partial charge in [0.05, 0.1) is 18.9 Å². The van der Waals surface area contributed by atoms with Gasteiger partial charge in [0.2, 0.25) is 5.75 Å². The van der Waals surface area contributed by atoms with Crippen LogP contribution in [0.3, 0.4) is 0 Å². The van der Waals surface area contributed by atoms with Crippen molar-refractivity contribution in [3.63, 3.8) is 0 Å². The minimum Gasteiger partial charge on any atom is -0.380 e. The number of benzene rings is 1. The number of carbonyl (C=O) groups excluding carboxylic acids is 2. The number of ether oxygens (including phenoxy) is 1. The summed E-state index contributed by atoms with van der Waals surface area (Å²) in [6.07, 6.45) is 0.598. The van der Waals surface area contributed by atoms with Gasteiger partial charge in [0.1, 0.15) is 5.82 Å². The molecule has 1 aliphatic heterocycles. The number of methoxy groups -OCH3 is 1. The highest BCUT2D eigenvalue weighted by Crippen LogP contribution is 2.20. The second-order valence-electron chi connectivity index (χ2n) is 6.95. The van der Waals surface area contributed by atoms with E-state index in [1.54, 1.807) is 0 Å². The van der Waals surface area contributed by atoms with Crippen LogP contribution in [0.2, 0.25) is 0 Å². The molecule has 0 spiro atoms. The van der Waals surface area contributed by atoms with Gasteiger partial charge in [0.25, 0.3) is 11.5 Å². The number of hydrogen-bond donors (Lipinski definition) is 1. The number of amides is 1. The fourth-order valence-electron chi connectivity index (χ4n) is 3.06. The van der Waals surface area contributed by atoms with Gasteiger partial charge in [-0.1, -0.05) is 12.1 Å². The minimum absolute atomic E-state index is 0.0356. The first-order valence-corrected chi connectivity index (χ1v) is 11.0. The Morgan fingerprint density at radius 1 is 1.29 bits per heavy atom. The summed E-state index contributed by atoms with van der Waals surface area (Å²) in [7, 11) is -2.77. The molecule has 0 saturated heterocycles. The number of ketones is 1. The highest BCUT2D eigenvalue weighted by atomic mass is 32.2. The van der Waals surface area contributed by atoms with Crippen molar-refractivity contribution in [2.75, 3.05) is 13.4 Å². The van der Waals surface area contributed by atoms with Crippen LogP contribution in [0.4, 0.5) is 4.39 Å². The molecule has 3 rings (SSSR count). The Labute approximate surface area is 177 Å². The van der Waals surface area contributed by atoms with Crippen molar-refractivity contribution in [2.24, 2.45) is 0 Å². The Morgan fingerprint density at radius 3 is 2.58 bits per heavy atom. The van der Waals surface area contributed by atoms with Gasteiger partial charge in [-0.25, -0.2) is 9.37 Å². The summed E-state index contributed by atoms with van der Waals surface area (Å²) in [6.45, 7) is -0.113. The van der Waals surface area contributed by atoms with E-state index in [2.05, 4.69) is 10.3 Å². The van der Waals surface area contributed by atoms with Crippen LogP contribution in [0, 0.1) is 5.82 Å². The average molecular weight is 453 g/mol. The van der Waals surface area contributed by atoms with Crippen molar-refractivity contribution in [3.8, 4) is 5.75 Å². The smallest absolute Gasteiger partial charge is 0.306 e. The number of carbonyl (C=O) groups is 2. The Balaban J connectivity index is 2.04. The normalized spacial score (nSPS) is 16.4. The van der Waals surface area contributed by atoms with Crippen molar-refractivity contribution in [1.82, 2.24) is 14.9 Å². The van der Waals surface area contributed by atoms with E-state index in [9.17, 15) is 27.2 Å². The van der Waals surface area contributed by atoms with E-state index >= 15 is 0 Å². The molecule has 0 fully saturated rings. The van der Waals surface area contributed by atoms with Crippen molar-refractivity contribution in [1.29, 1.82) is 0 Å². The van der Waals surface area contributed by atoms with E-state index < -0.39 is 50.7 Å². The largest absolute Gasteiger partial charge is 0.380 e. The lowest BCUT2D eigenvalue weighted by Gasteiger charge is -2.16. The molecule has 1 N–H and O–H groups in total. The first kappa shape index (κ1) is 22.6. The lowest BCUT2D eigenvalue weighted by atomic mass is 10.1. The van der Waals surface area contributed by atoms with Crippen LogP contribution in [0.1, 0.15) is 39.5 Å². The molecule has 1 aliphatic rings. The van der Waals surface area contributed by atoms with E-state index in [4.69, 9.17) is 8.92 Å². The molecule has 31 heavy (non-hydrogen) atoms. The molecule has 1 amide bonds. The molecular formula is C19H20FN3O7S. The van der Waals surface area contributed by atoms with Gasteiger partial charge in [-0.2, -0.15) is 8.42 Å². The molecule has 12 heteroatoms. The zero-order valence-electron chi connectivity index (χ0n) is 16.8. The van der Waals surface area contributed by atoms with Gasteiger partial charge in [0, 0.05) is 20.1 Å². The van der Waals surface area contributed by atoms with Crippen LogP contribution in [0.5, 0.6) is 5.75 Å². The minimum atomic E-state index is -4.19. The molecule has 1 atom stereocenters. The molecule has 0 aliphatic carbocycles. The number of halogens is 1. The van der Waals surface area contributed by atoms with Gasteiger partial charge < -0.3 is 14.2 Å². The molecule has 166 valence electrons. The summed E-state index contributed by atoms with van der Waals surface area (Å²) < 4.78 is 47.4. The lowest BCUT2D eigenvalue weighted by Crippen LogP contribution is -2.36. The zero-order valence-corrected chi connectivity index (χ0v) is 17.6. The summed E-state index contributed by atoms with van der Waals surface area (Å²) in [4.78, 5) is 42.2. The number of rotatable bonds is 6. The maximum atomic E-state index is 13.0. The third-order valence-electron chi connectivity index (χ3n) is 4.61. The summed E-state index contributed by atoms with van der Waals surface area (Å²) in [6, 6.07) is 5.30. The number of nitrogens with zero attached hydrogens (tertiary/aromatic N) is 2. The van der Waals surface area contributed by atoms with Crippen LogP contribution >= 0.6 is 0 Å². The first-order valence-electron chi connectivity index (χ1n) is 9.22. The number of hydrogen-bond acceptors (Lipinski definition) is 8. The number of nitrogens with one attached hydrogen (secondary N) is 1. The summed E-state index contributed by atoms with van der Waals surface area (Å²) in [5, 5.41) is 2.46. The number of Topliss-reactive ketones (excluding diaryl/α,β-unsaturated/α-hetero) is 1. The first-order chi connectivity index (χ1) is 14.6. The predicted octanol–water partition coefficient (Wildman–Crippen LogP) is 0.642. The van der Waals surface area contributed by atoms with E-state index in [0.717, 1.165) is 4.57 Å². The maximum Gasteiger partial charge on any atom is 0.306 e. The van der Waals surface area contributed by atoms with E-state index in [-0.39, 0.29) is 25.3 Å². The van der Waals surface area contributed by atoms with Gasteiger partial charge in [-0.15, -0.1) is 0 Å². The molecule has 0 bridgehead atoms. The SMILES string of the molecule is CO[C@H]1CCC(=O)c2nc(C(=O)NCc3ccc(F)cc3)c(OS(C)(=O)=O)c(=O)n2C1. The molecular weight excluding hydrogens is 433 g/mol. The molecule has 10 nitrogen and oxygen atoms in total. The highest BCUT2D eigenvalue weighted by molar-refractivity contribution is 7.86. The topological polar surface area (TPSA) is 134 Å². The second kappa shape index (κ2) is 8.94. The predicted molar refractivity (Wildman–Crippen MR) is 106 cm³/mol. The fraction of sp³-hybridized carbons (Fsp3) is 0.368. The lowest BCUT2D eigenvalue weighted by molar-refractivity contribution is 0.0783. The van der Waals surface area contributed by atoms with E-state index in [1.165, 1.54) is 31.4 Å². The maximum absolute atomic E-state index is 13.0. The summed E-state index contributed by atoms with van der Waals surface area (Å²) >= 11 is 0. The molecule has 0 saturated carbocycles. The van der Waals surface area contributed by atoms with E-state index in [0.29, 0.717) is 18.2 Å². The van der Waals surface area contributed by atoms with Gasteiger partial charge in [0.15, 0.2) is 17.3 Å². The van der Waals surface area contributed by atoms with Crippen molar-refractivity contribution in [2.45, 2.75) is 32.0 Å². The molecule has 1 aromatic heterocycles. The van der Waals surface area contributed by atoms with Crippen molar-refractivity contribution < 1.29 is 31.3 Å². The number of aromatic nitrogens is 2. The summed E-state index contributed by atoms with van der Waals surface area (Å²) in [5.74, 6) is -2.96. The van der Waals surface area contributed by atoms with Crippen molar-refractivity contribution >= 4 is 21.8 Å². The average Bonchev–Trinajstić information content (AvgIpc) is 2.87. The van der Waals surface area contributed by atoms with Gasteiger partial charge in [-0.3, -0.25) is 19.0 Å². The van der Waals surface area contributed by atoms with Gasteiger partial charge >= 0.3 is 10.1 Å². The molecule has 2 heterocycles. The summed E-state index contributed by atoms with van der Waals surface area (Å²) in [5.41, 5.74) is -1.07. The Bertz CT molecular complexity index is 1180. The molecule has 2 aromatic rings. The van der Waals surface area contributed by atoms with Crippen LogP contribution in [-0.4, -0.2) is 49.1 Å². The van der Waals surface area contributed by atoms with Crippen LogP contribution < -0.4 is 15.1 Å². The molecule has 0 unspecified atom stereocenters. The number of fused-ring (bicyclic) bond motifs is 1. The third kappa shape index (κ3) is 5.33. The van der Waals surface area contributed by atoms with Crippen LogP contribution in [-0.2, 0) is 27.9 Å². The zero-order chi connectivity index (χ0) is 22.8. The monoisotopic (exact) mass is 453 g/mol. The van der Waals surface area contributed by atoms with Crippen LogP contribution in [0.25, 0.3) is 0 Å². The third-order valence-corrected chi connectivity index (χ3v) is 5.08. The second-order valence-corrected chi connectivity index (χ2v) is 8.52. The quantitative estimate of drug-likeness (QED) is 0.630. The standard InChI is InChI=1S/C19H20FN3O7S/c1-29-13-7-8-14(24)17-22-15(16(30-31(2,27)28)19(26)23(17)10-13)18(25)21-9-11-3-5-12(20)6-4-11/h3-6,13H,7-10H2,1-2H3,(H,21,25)/t13-/m0/s1. The Hall–Kier alpha value is -3.12.